The molecule has 0 spiro atoms. The predicted molar refractivity (Wildman–Crippen MR) is 76.3 cm³/mol. The molecule has 0 aliphatic heterocycles. The summed E-state index contributed by atoms with van der Waals surface area (Å²) < 4.78 is 6.64. The molecule has 1 aromatic heterocycles. The number of ether oxygens (including phenoxy) is 1. The van der Waals surface area contributed by atoms with E-state index in [1.165, 1.54) is 6.20 Å². The third-order valence-corrected chi connectivity index (χ3v) is 2.97. The molecule has 0 saturated heterocycles. The number of aryl methyl sites for hydroxylation is 1. The molecule has 2 N–H and O–H groups in total. The van der Waals surface area contributed by atoms with Crippen LogP contribution in [0.3, 0.4) is 0 Å². The summed E-state index contributed by atoms with van der Waals surface area (Å²) in [6.45, 7) is 7.22. The first kappa shape index (κ1) is 16.7. The summed E-state index contributed by atoms with van der Waals surface area (Å²) >= 11 is 0. The SMILES string of the molecule is CCOC(=O)c1cnn(C)c1CNCC(O)CC(C)C. The fourth-order valence-electron chi connectivity index (χ4n) is 2.04. The van der Waals surface area contributed by atoms with Crippen molar-refractivity contribution in [3.8, 4) is 0 Å². The van der Waals surface area contributed by atoms with E-state index in [0.717, 1.165) is 12.1 Å². The van der Waals surface area contributed by atoms with E-state index in [-0.39, 0.29) is 12.1 Å². The molecular formula is C14H25N3O3. The molecule has 0 saturated carbocycles. The van der Waals surface area contributed by atoms with Crippen LogP contribution in [0.1, 0.15) is 43.2 Å². The van der Waals surface area contributed by atoms with Gasteiger partial charge in [-0.05, 0) is 19.3 Å². The minimum atomic E-state index is -0.380. The van der Waals surface area contributed by atoms with Crippen molar-refractivity contribution in [3.05, 3.63) is 17.5 Å². The smallest absolute Gasteiger partial charge is 0.341 e. The van der Waals surface area contributed by atoms with Crippen LogP contribution in [0.5, 0.6) is 0 Å². The van der Waals surface area contributed by atoms with Crippen molar-refractivity contribution in [1.82, 2.24) is 15.1 Å². The van der Waals surface area contributed by atoms with Gasteiger partial charge in [-0.3, -0.25) is 4.68 Å². The van der Waals surface area contributed by atoms with Crippen LogP contribution in [0, 0.1) is 5.92 Å². The number of aliphatic hydroxyl groups is 1. The highest BCUT2D eigenvalue weighted by Gasteiger charge is 2.17. The molecule has 1 unspecified atom stereocenters. The maximum absolute atomic E-state index is 11.8. The van der Waals surface area contributed by atoms with Crippen molar-refractivity contribution in [2.75, 3.05) is 13.2 Å². The van der Waals surface area contributed by atoms with E-state index in [1.54, 1.807) is 18.7 Å². The summed E-state index contributed by atoms with van der Waals surface area (Å²) in [7, 11) is 1.78. The fraction of sp³-hybridized carbons (Fsp3) is 0.714. The minimum Gasteiger partial charge on any atom is -0.462 e. The Bertz CT molecular complexity index is 429. The van der Waals surface area contributed by atoms with Gasteiger partial charge in [0, 0.05) is 20.1 Å². The molecule has 1 heterocycles. The number of rotatable bonds is 8. The Morgan fingerprint density at radius 1 is 1.55 bits per heavy atom. The van der Waals surface area contributed by atoms with Crippen molar-refractivity contribution >= 4 is 5.97 Å². The van der Waals surface area contributed by atoms with Gasteiger partial charge in [-0.2, -0.15) is 5.10 Å². The van der Waals surface area contributed by atoms with Gasteiger partial charge in [-0.25, -0.2) is 4.79 Å². The normalized spacial score (nSPS) is 12.7. The Kier molecular flexibility index (Phi) is 6.67. The zero-order valence-electron chi connectivity index (χ0n) is 12.7. The van der Waals surface area contributed by atoms with Gasteiger partial charge in [0.05, 0.1) is 24.6 Å². The third kappa shape index (κ3) is 4.94. The maximum Gasteiger partial charge on any atom is 0.341 e. The van der Waals surface area contributed by atoms with E-state index in [0.29, 0.717) is 31.2 Å². The Labute approximate surface area is 120 Å². The number of carbonyl (C=O) groups is 1. The van der Waals surface area contributed by atoms with Crippen LogP contribution >= 0.6 is 0 Å². The van der Waals surface area contributed by atoms with E-state index in [2.05, 4.69) is 24.3 Å². The Hall–Kier alpha value is -1.40. The van der Waals surface area contributed by atoms with Gasteiger partial charge in [-0.1, -0.05) is 13.8 Å². The standard InChI is InChI=1S/C14H25N3O3/c1-5-20-14(19)12-8-16-17(4)13(12)9-15-7-11(18)6-10(2)3/h8,10-11,15,18H,5-7,9H2,1-4H3. The number of nitrogens with one attached hydrogen (secondary N) is 1. The highest BCUT2D eigenvalue weighted by molar-refractivity contribution is 5.90. The Morgan fingerprint density at radius 3 is 2.85 bits per heavy atom. The lowest BCUT2D eigenvalue weighted by Crippen LogP contribution is -2.28. The third-order valence-electron chi connectivity index (χ3n) is 2.97. The Balaban J connectivity index is 2.55. The molecule has 114 valence electrons. The molecule has 20 heavy (non-hydrogen) atoms. The van der Waals surface area contributed by atoms with Gasteiger partial charge in [0.25, 0.3) is 0 Å². The summed E-state index contributed by atoms with van der Waals surface area (Å²) in [5.41, 5.74) is 1.24. The number of aromatic nitrogens is 2. The molecule has 0 amide bonds. The molecular weight excluding hydrogens is 258 g/mol. The molecule has 1 aromatic rings. The van der Waals surface area contributed by atoms with E-state index in [1.807, 2.05) is 0 Å². The molecule has 1 rings (SSSR count). The molecule has 0 fully saturated rings. The van der Waals surface area contributed by atoms with Crippen LogP contribution in [0.2, 0.25) is 0 Å². The number of esters is 1. The topological polar surface area (TPSA) is 76.4 Å². The van der Waals surface area contributed by atoms with Crippen LogP contribution in [0.15, 0.2) is 6.20 Å². The van der Waals surface area contributed by atoms with Gasteiger partial charge in [0.15, 0.2) is 0 Å². The number of nitrogens with zero attached hydrogens (tertiary/aromatic N) is 2. The lowest BCUT2D eigenvalue weighted by atomic mass is 10.1. The van der Waals surface area contributed by atoms with Gasteiger partial charge in [-0.15, -0.1) is 0 Å². The highest BCUT2D eigenvalue weighted by atomic mass is 16.5. The summed E-state index contributed by atoms with van der Waals surface area (Å²) in [5.74, 6) is 0.0960. The number of carbonyl (C=O) groups excluding carboxylic acids is 1. The second kappa shape index (κ2) is 8.01. The predicted octanol–water partition coefficient (Wildman–Crippen LogP) is 1.09. The quantitative estimate of drug-likeness (QED) is 0.699. The van der Waals surface area contributed by atoms with E-state index >= 15 is 0 Å². The van der Waals surface area contributed by atoms with Crippen LogP contribution < -0.4 is 5.32 Å². The van der Waals surface area contributed by atoms with Crippen LogP contribution in [0.25, 0.3) is 0 Å². The van der Waals surface area contributed by atoms with Crippen molar-refractivity contribution in [2.24, 2.45) is 13.0 Å². The summed E-state index contributed by atoms with van der Waals surface area (Å²) in [6.07, 6.45) is 1.89. The first-order valence-electron chi connectivity index (χ1n) is 7.02. The molecule has 0 aliphatic carbocycles. The number of hydrogen-bond donors (Lipinski definition) is 2. The van der Waals surface area contributed by atoms with Crippen molar-refractivity contribution in [2.45, 2.75) is 39.8 Å². The Morgan fingerprint density at radius 2 is 2.25 bits per heavy atom. The van der Waals surface area contributed by atoms with Gasteiger partial charge < -0.3 is 15.2 Å². The van der Waals surface area contributed by atoms with Gasteiger partial charge >= 0.3 is 5.97 Å². The molecule has 1 atom stereocenters. The fourth-order valence-corrected chi connectivity index (χ4v) is 2.04. The maximum atomic E-state index is 11.8. The molecule has 6 nitrogen and oxygen atoms in total. The lowest BCUT2D eigenvalue weighted by Gasteiger charge is -2.14. The summed E-state index contributed by atoms with van der Waals surface area (Å²) in [4.78, 5) is 11.8. The minimum absolute atomic E-state index is 0.341. The van der Waals surface area contributed by atoms with E-state index in [4.69, 9.17) is 4.74 Å². The van der Waals surface area contributed by atoms with Gasteiger partial charge in [0.2, 0.25) is 0 Å². The average Bonchev–Trinajstić information content (AvgIpc) is 2.70. The van der Waals surface area contributed by atoms with E-state index in [9.17, 15) is 9.90 Å². The van der Waals surface area contributed by atoms with Crippen LogP contribution in [-0.4, -0.2) is 40.1 Å². The molecule has 0 aliphatic rings. The highest BCUT2D eigenvalue weighted by Crippen LogP contribution is 2.09. The largest absolute Gasteiger partial charge is 0.462 e. The molecule has 0 aromatic carbocycles. The monoisotopic (exact) mass is 283 g/mol. The zero-order valence-corrected chi connectivity index (χ0v) is 12.7. The molecule has 0 radical (unpaired) electrons. The molecule has 0 bridgehead atoms. The van der Waals surface area contributed by atoms with Crippen molar-refractivity contribution < 1.29 is 14.6 Å². The second-order valence-electron chi connectivity index (χ2n) is 5.26. The number of hydrogen-bond acceptors (Lipinski definition) is 5. The van der Waals surface area contributed by atoms with Crippen molar-refractivity contribution in [3.63, 3.8) is 0 Å². The summed E-state index contributed by atoms with van der Waals surface area (Å²) in [6, 6.07) is 0. The lowest BCUT2D eigenvalue weighted by molar-refractivity contribution is 0.0524. The molecule has 6 heteroatoms. The van der Waals surface area contributed by atoms with Crippen LogP contribution in [0.4, 0.5) is 0 Å². The zero-order chi connectivity index (χ0) is 15.1. The first-order valence-corrected chi connectivity index (χ1v) is 7.02. The number of aliphatic hydroxyl groups excluding tert-OH is 1. The first-order chi connectivity index (χ1) is 9.45. The average molecular weight is 283 g/mol. The summed E-state index contributed by atoms with van der Waals surface area (Å²) in [5, 5.41) is 17.0. The van der Waals surface area contributed by atoms with Crippen molar-refractivity contribution in [1.29, 1.82) is 0 Å². The second-order valence-corrected chi connectivity index (χ2v) is 5.26. The van der Waals surface area contributed by atoms with Crippen LogP contribution in [-0.2, 0) is 18.3 Å². The van der Waals surface area contributed by atoms with E-state index < -0.39 is 0 Å². The van der Waals surface area contributed by atoms with Gasteiger partial charge in [0.1, 0.15) is 5.56 Å².